The minimum absolute atomic E-state index is 0.502. The maximum Gasteiger partial charge on any atom is 0.488 e. The second kappa shape index (κ2) is 6.91. The summed E-state index contributed by atoms with van der Waals surface area (Å²) in [6.45, 7) is 0. The van der Waals surface area contributed by atoms with Crippen LogP contribution < -0.4 is 5.46 Å². The van der Waals surface area contributed by atoms with E-state index >= 15 is 0 Å². The van der Waals surface area contributed by atoms with E-state index in [1.165, 1.54) is 31.3 Å². The highest BCUT2D eigenvalue weighted by Gasteiger charge is 2.14. The Balaban J connectivity index is 1.71. The van der Waals surface area contributed by atoms with Gasteiger partial charge in [-0.05, 0) is 33.8 Å². The Labute approximate surface area is 167 Å². The molecule has 0 spiro atoms. The molecule has 5 aromatic rings. The van der Waals surface area contributed by atoms with Crippen LogP contribution in [0.3, 0.4) is 0 Å². The van der Waals surface area contributed by atoms with E-state index < -0.39 is 7.12 Å². The third-order valence-corrected chi connectivity index (χ3v) is 6.30. The molecule has 4 heteroatoms. The molecule has 28 heavy (non-hydrogen) atoms. The van der Waals surface area contributed by atoms with Crippen molar-refractivity contribution in [3.05, 3.63) is 91.0 Å². The first-order chi connectivity index (χ1) is 13.7. The van der Waals surface area contributed by atoms with Crippen LogP contribution in [0.15, 0.2) is 91.0 Å². The summed E-state index contributed by atoms with van der Waals surface area (Å²) in [7, 11) is -1.46. The standard InChI is InChI=1S/C24H17BO2S/c26-25(27)19-9-4-8-18(14-19)20-10-5-11-22-21-13-12-17(15-23(21)28-24(20)22)16-6-2-1-3-7-16/h1-15,26-27H. The predicted molar refractivity (Wildman–Crippen MR) is 120 cm³/mol. The van der Waals surface area contributed by atoms with E-state index in [1.54, 1.807) is 17.4 Å². The van der Waals surface area contributed by atoms with E-state index in [0.717, 1.165) is 11.1 Å². The molecular weight excluding hydrogens is 363 g/mol. The molecule has 0 radical (unpaired) electrons. The van der Waals surface area contributed by atoms with Crippen LogP contribution in [0.1, 0.15) is 0 Å². The van der Waals surface area contributed by atoms with Gasteiger partial charge in [-0.15, -0.1) is 11.3 Å². The summed E-state index contributed by atoms with van der Waals surface area (Å²) in [5, 5.41) is 21.5. The Kier molecular flexibility index (Phi) is 4.25. The van der Waals surface area contributed by atoms with Crippen molar-refractivity contribution in [3.63, 3.8) is 0 Å². The van der Waals surface area contributed by atoms with Crippen molar-refractivity contribution in [1.82, 2.24) is 0 Å². The minimum atomic E-state index is -1.46. The second-order valence-electron chi connectivity index (χ2n) is 6.86. The molecule has 4 aromatic carbocycles. The third kappa shape index (κ3) is 2.92. The van der Waals surface area contributed by atoms with Gasteiger partial charge in [0.05, 0.1) is 0 Å². The van der Waals surface area contributed by atoms with Gasteiger partial charge in [0.15, 0.2) is 0 Å². The third-order valence-electron chi connectivity index (χ3n) is 5.10. The highest BCUT2D eigenvalue weighted by Crippen LogP contribution is 2.41. The molecule has 0 unspecified atom stereocenters. The SMILES string of the molecule is OB(O)c1cccc(-c2cccc3c2sc2cc(-c4ccccc4)ccc23)c1. The second-order valence-corrected chi connectivity index (χ2v) is 7.91. The molecule has 0 bridgehead atoms. The van der Waals surface area contributed by atoms with Gasteiger partial charge < -0.3 is 10.0 Å². The first kappa shape index (κ1) is 17.2. The van der Waals surface area contributed by atoms with Gasteiger partial charge in [0.1, 0.15) is 0 Å². The van der Waals surface area contributed by atoms with E-state index in [9.17, 15) is 10.0 Å². The normalized spacial score (nSPS) is 11.2. The van der Waals surface area contributed by atoms with Crippen LogP contribution in [0.4, 0.5) is 0 Å². The van der Waals surface area contributed by atoms with Crippen molar-refractivity contribution in [1.29, 1.82) is 0 Å². The average Bonchev–Trinajstić information content (AvgIpc) is 3.12. The van der Waals surface area contributed by atoms with Gasteiger partial charge >= 0.3 is 7.12 Å². The van der Waals surface area contributed by atoms with Gasteiger partial charge in [-0.3, -0.25) is 0 Å². The highest BCUT2D eigenvalue weighted by atomic mass is 32.1. The van der Waals surface area contributed by atoms with Crippen LogP contribution in [0, 0.1) is 0 Å². The van der Waals surface area contributed by atoms with Crippen molar-refractivity contribution in [2.45, 2.75) is 0 Å². The first-order valence-corrected chi connectivity index (χ1v) is 9.99. The topological polar surface area (TPSA) is 40.5 Å². The van der Waals surface area contributed by atoms with Crippen molar-refractivity contribution >= 4 is 44.1 Å². The monoisotopic (exact) mass is 380 g/mol. The average molecular weight is 380 g/mol. The minimum Gasteiger partial charge on any atom is -0.423 e. The Morgan fingerprint density at radius 2 is 1.39 bits per heavy atom. The van der Waals surface area contributed by atoms with Gasteiger partial charge in [-0.2, -0.15) is 0 Å². The van der Waals surface area contributed by atoms with Crippen LogP contribution in [-0.2, 0) is 0 Å². The Bertz CT molecular complexity index is 1290. The van der Waals surface area contributed by atoms with Gasteiger partial charge in [-0.25, -0.2) is 0 Å². The lowest BCUT2D eigenvalue weighted by Gasteiger charge is -2.06. The van der Waals surface area contributed by atoms with E-state index in [-0.39, 0.29) is 0 Å². The van der Waals surface area contributed by atoms with Crippen molar-refractivity contribution in [3.8, 4) is 22.3 Å². The maximum absolute atomic E-state index is 9.52. The van der Waals surface area contributed by atoms with Gasteiger partial charge in [0.2, 0.25) is 0 Å². The molecule has 134 valence electrons. The zero-order valence-corrected chi connectivity index (χ0v) is 15.9. The van der Waals surface area contributed by atoms with Gasteiger partial charge in [0.25, 0.3) is 0 Å². The summed E-state index contributed by atoms with van der Waals surface area (Å²) in [4.78, 5) is 0. The molecular formula is C24H17BO2S. The number of hydrogen-bond donors (Lipinski definition) is 2. The number of hydrogen-bond acceptors (Lipinski definition) is 3. The molecule has 0 saturated carbocycles. The Hall–Kier alpha value is -2.92. The lowest BCUT2D eigenvalue weighted by Crippen LogP contribution is -2.29. The smallest absolute Gasteiger partial charge is 0.423 e. The molecule has 0 aliphatic rings. The molecule has 2 N–H and O–H groups in total. The quantitative estimate of drug-likeness (QED) is 0.429. The Morgan fingerprint density at radius 1 is 0.607 bits per heavy atom. The summed E-state index contributed by atoms with van der Waals surface area (Å²) < 4.78 is 2.47. The largest absolute Gasteiger partial charge is 0.488 e. The molecule has 1 aromatic heterocycles. The molecule has 0 aliphatic heterocycles. The molecule has 0 saturated heterocycles. The summed E-state index contributed by atoms with van der Waals surface area (Å²) in [5.74, 6) is 0. The molecule has 0 amide bonds. The fourth-order valence-corrected chi connectivity index (χ4v) is 4.98. The van der Waals surface area contributed by atoms with Crippen LogP contribution in [-0.4, -0.2) is 17.2 Å². The van der Waals surface area contributed by atoms with E-state index in [0.29, 0.717) is 5.46 Å². The molecule has 5 rings (SSSR count). The first-order valence-electron chi connectivity index (χ1n) is 9.18. The maximum atomic E-state index is 9.52. The molecule has 1 heterocycles. The fraction of sp³-hybridized carbons (Fsp3) is 0. The summed E-state index contributed by atoms with van der Waals surface area (Å²) >= 11 is 1.78. The van der Waals surface area contributed by atoms with Gasteiger partial charge in [0, 0.05) is 20.2 Å². The van der Waals surface area contributed by atoms with Crippen molar-refractivity contribution in [2.24, 2.45) is 0 Å². The molecule has 0 aliphatic carbocycles. The summed E-state index contributed by atoms with van der Waals surface area (Å²) in [6, 6.07) is 30.8. The molecule has 0 atom stereocenters. The predicted octanol–water partition coefficient (Wildman–Crippen LogP) is 5.07. The fourth-order valence-electron chi connectivity index (χ4n) is 3.70. The van der Waals surface area contributed by atoms with Crippen molar-refractivity contribution in [2.75, 3.05) is 0 Å². The van der Waals surface area contributed by atoms with Crippen LogP contribution >= 0.6 is 11.3 Å². The van der Waals surface area contributed by atoms with E-state index in [2.05, 4.69) is 60.7 Å². The number of benzene rings is 4. The van der Waals surface area contributed by atoms with E-state index in [4.69, 9.17) is 0 Å². The van der Waals surface area contributed by atoms with Crippen LogP contribution in [0.2, 0.25) is 0 Å². The zero-order valence-electron chi connectivity index (χ0n) is 15.0. The lowest BCUT2D eigenvalue weighted by atomic mass is 9.79. The highest BCUT2D eigenvalue weighted by molar-refractivity contribution is 7.26. The van der Waals surface area contributed by atoms with Crippen LogP contribution in [0.25, 0.3) is 42.4 Å². The van der Waals surface area contributed by atoms with Gasteiger partial charge in [-0.1, -0.05) is 84.9 Å². The summed E-state index contributed by atoms with van der Waals surface area (Å²) in [6.07, 6.45) is 0. The summed E-state index contributed by atoms with van der Waals surface area (Å²) in [5.41, 5.74) is 5.04. The van der Waals surface area contributed by atoms with Crippen LogP contribution in [0.5, 0.6) is 0 Å². The number of thiophene rings is 1. The molecule has 0 fully saturated rings. The molecule has 2 nitrogen and oxygen atoms in total. The zero-order chi connectivity index (χ0) is 19.1. The number of fused-ring (bicyclic) bond motifs is 3. The number of rotatable bonds is 3. The Morgan fingerprint density at radius 3 is 2.21 bits per heavy atom. The van der Waals surface area contributed by atoms with E-state index in [1.807, 2.05) is 24.3 Å². The van der Waals surface area contributed by atoms with Crippen molar-refractivity contribution < 1.29 is 10.0 Å². The lowest BCUT2D eigenvalue weighted by molar-refractivity contribution is 0.426.